The molecular formula is C16H17NO4S. The van der Waals surface area contributed by atoms with Gasteiger partial charge in [0.25, 0.3) is 10.0 Å². The van der Waals surface area contributed by atoms with E-state index in [-0.39, 0.29) is 4.90 Å². The maximum atomic E-state index is 12.2. The van der Waals surface area contributed by atoms with Crippen LogP contribution in [0.4, 0.5) is 0 Å². The normalized spacial score (nSPS) is 11.5. The van der Waals surface area contributed by atoms with Gasteiger partial charge in [-0.1, -0.05) is 24.3 Å². The topological polar surface area (TPSA) is 65.0 Å². The van der Waals surface area contributed by atoms with Gasteiger partial charge in [0.15, 0.2) is 11.5 Å². The molecule has 0 radical (unpaired) electrons. The van der Waals surface area contributed by atoms with E-state index < -0.39 is 10.0 Å². The second kappa shape index (κ2) is 7.09. The Labute approximate surface area is 130 Å². The van der Waals surface area contributed by atoms with Crippen LogP contribution in [-0.2, 0) is 10.0 Å². The minimum atomic E-state index is -3.74. The van der Waals surface area contributed by atoms with E-state index >= 15 is 0 Å². The third kappa shape index (κ3) is 3.65. The van der Waals surface area contributed by atoms with E-state index in [4.69, 9.17) is 9.47 Å². The second-order valence-corrected chi connectivity index (χ2v) is 5.97. The standard InChI is InChI=1S/C16H17NO4S/c1-3-21-16-13(8-7-11-15(16)20-2)12-17-22(18,19)14-9-5-4-6-10-14/h4-12H,3H2,1-2H3/b17-12-. The predicted octanol–water partition coefficient (Wildman–Crippen LogP) is 2.90. The van der Waals surface area contributed by atoms with Gasteiger partial charge in [-0.25, -0.2) is 0 Å². The second-order valence-electron chi connectivity index (χ2n) is 4.33. The van der Waals surface area contributed by atoms with E-state index in [1.54, 1.807) is 36.4 Å². The molecule has 0 aliphatic carbocycles. The van der Waals surface area contributed by atoms with Gasteiger partial charge in [0.2, 0.25) is 0 Å². The summed E-state index contributed by atoms with van der Waals surface area (Å²) in [6.07, 6.45) is 1.27. The number of nitrogens with zero attached hydrogens (tertiary/aromatic N) is 1. The molecule has 0 saturated heterocycles. The molecule has 5 nitrogen and oxygen atoms in total. The lowest BCUT2D eigenvalue weighted by Crippen LogP contribution is -2.01. The summed E-state index contributed by atoms with van der Waals surface area (Å²) in [6.45, 7) is 2.28. The molecule has 0 heterocycles. The molecule has 22 heavy (non-hydrogen) atoms. The molecule has 6 heteroatoms. The van der Waals surface area contributed by atoms with Gasteiger partial charge in [0.1, 0.15) is 0 Å². The van der Waals surface area contributed by atoms with Crippen molar-refractivity contribution in [3.63, 3.8) is 0 Å². The molecule has 2 aromatic carbocycles. The van der Waals surface area contributed by atoms with E-state index in [0.29, 0.717) is 23.7 Å². The Morgan fingerprint density at radius 1 is 1.09 bits per heavy atom. The molecule has 0 bridgehead atoms. The van der Waals surface area contributed by atoms with Gasteiger partial charge in [-0.15, -0.1) is 0 Å². The molecule has 0 amide bonds. The van der Waals surface area contributed by atoms with E-state index in [1.807, 2.05) is 6.92 Å². The minimum Gasteiger partial charge on any atom is -0.493 e. The Bertz CT molecular complexity index is 755. The van der Waals surface area contributed by atoms with Crippen molar-refractivity contribution >= 4 is 16.2 Å². The Balaban J connectivity index is 2.38. The lowest BCUT2D eigenvalue weighted by atomic mass is 10.2. The van der Waals surface area contributed by atoms with Gasteiger partial charge < -0.3 is 9.47 Å². The van der Waals surface area contributed by atoms with Crippen molar-refractivity contribution in [2.24, 2.45) is 4.40 Å². The molecule has 2 aromatic rings. The third-order valence-electron chi connectivity index (χ3n) is 2.89. The van der Waals surface area contributed by atoms with Crippen LogP contribution < -0.4 is 9.47 Å². The number of ether oxygens (including phenoxy) is 2. The van der Waals surface area contributed by atoms with E-state index in [0.717, 1.165) is 0 Å². The van der Waals surface area contributed by atoms with Gasteiger partial charge in [-0.3, -0.25) is 0 Å². The number of rotatable bonds is 6. The first-order chi connectivity index (χ1) is 10.6. The number of benzene rings is 2. The summed E-state index contributed by atoms with van der Waals surface area (Å²) in [7, 11) is -2.21. The van der Waals surface area contributed by atoms with Crippen molar-refractivity contribution < 1.29 is 17.9 Å². The number of methoxy groups -OCH3 is 1. The van der Waals surface area contributed by atoms with Crippen LogP contribution >= 0.6 is 0 Å². The first-order valence-corrected chi connectivity index (χ1v) is 8.17. The number of sulfonamides is 1. The summed E-state index contributed by atoms with van der Waals surface area (Å²) in [6, 6.07) is 13.3. The zero-order valence-electron chi connectivity index (χ0n) is 12.4. The van der Waals surface area contributed by atoms with Crippen molar-refractivity contribution in [1.82, 2.24) is 0 Å². The van der Waals surface area contributed by atoms with Gasteiger partial charge in [-0.2, -0.15) is 12.8 Å². The average molecular weight is 319 g/mol. The monoisotopic (exact) mass is 319 g/mol. The third-order valence-corrected chi connectivity index (χ3v) is 4.14. The zero-order chi connectivity index (χ0) is 16.0. The van der Waals surface area contributed by atoms with Crippen molar-refractivity contribution in [3.8, 4) is 11.5 Å². The molecule has 0 N–H and O–H groups in total. The van der Waals surface area contributed by atoms with Crippen LogP contribution in [0.2, 0.25) is 0 Å². The smallest absolute Gasteiger partial charge is 0.282 e. The Morgan fingerprint density at radius 2 is 1.82 bits per heavy atom. The van der Waals surface area contributed by atoms with Gasteiger partial charge in [0.05, 0.1) is 24.8 Å². The van der Waals surface area contributed by atoms with E-state index in [1.165, 1.54) is 25.5 Å². The fraction of sp³-hybridized carbons (Fsp3) is 0.188. The maximum Gasteiger partial charge on any atom is 0.282 e. The molecule has 0 atom stereocenters. The lowest BCUT2D eigenvalue weighted by molar-refractivity contribution is 0.310. The molecule has 0 aliphatic rings. The SMILES string of the molecule is CCOc1c(/C=N\S(=O)(=O)c2ccccc2)cccc1OC. The maximum absolute atomic E-state index is 12.2. The summed E-state index contributed by atoms with van der Waals surface area (Å²) in [5, 5.41) is 0. The first kappa shape index (κ1) is 16.0. The van der Waals surface area contributed by atoms with Gasteiger partial charge >= 0.3 is 0 Å². The summed E-state index contributed by atoms with van der Waals surface area (Å²) < 4.78 is 38.8. The Morgan fingerprint density at radius 3 is 2.45 bits per heavy atom. The fourth-order valence-electron chi connectivity index (χ4n) is 1.87. The summed E-state index contributed by atoms with van der Waals surface area (Å²) in [5.74, 6) is 1.00. The van der Waals surface area contributed by atoms with Crippen molar-refractivity contribution in [2.45, 2.75) is 11.8 Å². The predicted molar refractivity (Wildman–Crippen MR) is 85.4 cm³/mol. The molecule has 2 rings (SSSR count). The van der Waals surface area contributed by atoms with Crippen LogP contribution in [0.25, 0.3) is 0 Å². The molecule has 116 valence electrons. The average Bonchev–Trinajstić information content (AvgIpc) is 2.55. The number of hydrogen-bond donors (Lipinski definition) is 0. The van der Waals surface area contributed by atoms with Crippen LogP contribution in [0.3, 0.4) is 0 Å². The Kier molecular flexibility index (Phi) is 5.16. The molecule has 0 fully saturated rings. The van der Waals surface area contributed by atoms with Crippen LogP contribution in [0.5, 0.6) is 11.5 Å². The molecule has 0 spiro atoms. The van der Waals surface area contributed by atoms with Crippen molar-refractivity contribution in [1.29, 1.82) is 0 Å². The van der Waals surface area contributed by atoms with Crippen LogP contribution in [0.1, 0.15) is 12.5 Å². The van der Waals surface area contributed by atoms with Gasteiger partial charge in [-0.05, 0) is 31.2 Å². The molecule has 0 saturated carbocycles. The van der Waals surface area contributed by atoms with Crippen molar-refractivity contribution in [2.75, 3.05) is 13.7 Å². The van der Waals surface area contributed by atoms with E-state index in [9.17, 15) is 8.42 Å². The summed E-state index contributed by atoms with van der Waals surface area (Å²) >= 11 is 0. The number of hydrogen-bond acceptors (Lipinski definition) is 4. The zero-order valence-corrected chi connectivity index (χ0v) is 13.2. The van der Waals surface area contributed by atoms with Gasteiger partial charge in [0, 0.05) is 5.56 Å². The quantitative estimate of drug-likeness (QED) is 0.768. The molecule has 0 unspecified atom stereocenters. The van der Waals surface area contributed by atoms with Crippen molar-refractivity contribution in [3.05, 3.63) is 54.1 Å². The highest BCUT2D eigenvalue weighted by molar-refractivity contribution is 7.90. The minimum absolute atomic E-state index is 0.145. The summed E-state index contributed by atoms with van der Waals surface area (Å²) in [5.41, 5.74) is 0.542. The fourth-order valence-corrected chi connectivity index (χ4v) is 2.75. The molecular weight excluding hydrogens is 302 g/mol. The van der Waals surface area contributed by atoms with Crippen LogP contribution in [0.15, 0.2) is 57.8 Å². The lowest BCUT2D eigenvalue weighted by Gasteiger charge is -2.11. The summed E-state index contributed by atoms with van der Waals surface area (Å²) in [4.78, 5) is 0.145. The molecule has 0 aromatic heterocycles. The Hall–Kier alpha value is -2.34. The van der Waals surface area contributed by atoms with E-state index in [2.05, 4.69) is 4.40 Å². The number of para-hydroxylation sites is 1. The van der Waals surface area contributed by atoms with Crippen LogP contribution in [-0.4, -0.2) is 28.3 Å². The first-order valence-electron chi connectivity index (χ1n) is 6.73. The largest absolute Gasteiger partial charge is 0.493 e. The highest BCUT2D eigenvalue weighted by atomic mass is 32.2. The molecule has 0 aliphatic heterocycles. The highest BCUT2D eigenvalue weighted by Gasteiger charge is 2.13. The van der Waals surface area contributed by atoms with Crippen LogP contribution in [0, 0.1) is 0 Å². The highest BCUT2D eigenvalue weighted by Crippen LogP contribution is 2.30.